The summed E-state index contributed by atoms with van der Waals surface area (Å²) in [5.41, 5.74) is 0.592. The Kier molecular flexibility index (Phi) is 7.32. The van der Waals surface area contributed by atoms with Crippen molar-refractivity contribution >= 4 is 33.7 Å². The number of thioether (sulfide) groups is 1. The minimum Gasteiger partial charge on any atom is -0.496 e. The summed E-state index contributed by atoms with van der Waals surface area (Å²) in [6.07, 6.45) is 2.87. The standard InChI is InChI=1S/C22H28N2O7S2/c1-3-31-22(26)19-15-5-4-6-18(15)32-21(19)23-20(25)16-13-14(7-8-17(16)29-2)33(27,28)24-9-11-30-12-10-24/h7-8,13,15,18H,3-6,9-12H2,1-2H3,(H,23,25)/t15-,18+/m1/s1. The highest BCUT2D eigenvalue weighted by Gasteiger charge is 2.43. The van der Waals surface area contributed by atoms with Crippen LogP contribution < -0.4 is 10.1 Å². The first-order chi connectivity index (χ1) is 15.9. The first-order valence-corrected chi connectivity index (χ1v) is 13.3. The SMILES string of the molecule is CCOC(=O)C1=C(NC(=O)c2cc(S(=O)(=O)N3CCOCC3)ccc2OC)S[C@H]2CCC[C@@H]12. The van der Waals surface area contributed by atoms with E-state index in [0.29, 0.717) is 23.8 Å². The molecule has 0 unspecified atom stereocenters. The molecular weight excluding hydrogens is 468 g/mol. The normalized spacial score (nSPS) is 23.3. The summed E-state index contributed by atoms with van der Waals surface area (Å²) >= 11 is 1.48. The van der Waals surface area contributed by atoms with Crippen LogP contribution in [0.15, 0.2) is 33.7 Å². The van der Waals surface area contributed by atoms with E-state index in [1.54, 1.807) is 6.92 Å². The fraction of sp³-hybridized carbons (Fsp3) is 0.545. The van der Waals surface area contributed by atoms with Gasteiger partial charge in [-0.15, -0.1) is 11.8 Å². The maximum Gasteiger partial charge on any atom is 0.336 e. The van der Waals surface area contributed by atoms with Crippen molar-refractivity contribution < 1.29 is 32.2 Å². The molecule has 0 bridgehead atoms. The Labute approximate surface area is 197 Å². The Morgan fingerprint density at radius 2 is 2.00 bits per heavy atom. The van der Waals surface area contributed by atoms with Crippen LogP contribution in [0.25, 0.3) is 0 Å². The highest BCUT2D eigenvalue weighted by Crippen LogP contribution is 2.50. The molecule has 1 saturated heterocycles. The molecule has 1 aromatic rings. The summed E-state index contributed by atoms with van der Waals surface area (Å²) in [6, 6.07) is 4.22. The van der Waals surface area contributed by atoms with E-state index in [-0.39, 0.29) is 47.1 Å². The molecule has 1 N–H and O–H groups in total. The van der Waals surface area contributed by atoms with Gasteiger partial charge in [0.25, 0.3) is 5.91 Å². The summed E-state index contributed by atoms with van der Waals surface area (Å²) in [5, 5.41) is 3.55. The summed E-state index contributed by atoms with van der Waals surface area (Å²) in [7, 11) is -2.37. The van der Waals surface area contributed by atoms with E-state index < -0.39 is 21.9 Å². The number of sulfonamides is 1. The van der Waals surface area contributed by atoms with Crippen LogP contribution in [0.2, 0.25) is 0 Å². The number of carbonyl (C=O) groups is 2. The number of ether oxygens (including phenoxy) is 3. The molecule has 180 valence electrons. The van der Waals surface area contributed by atoms with E-state index in [9.17, 15) is 18.0 Å². The average Bonchev–Trinajstić information content (AvgIpc) is 3.40. The van der Waals surface area contributed by atoms with Crippen molar-refractivity contribution in [3.63, 3.8) is 0 Å². The number of fused-ring (bicyclic) bond motifs is 1. The zero-order valence-electron chi connectivity index (χ0n) is 18.7. The van der Waals surface area contributed by atoms with Crippen molar-refractivity contribution in [3.05, 3.63) is 34.4 Å². The van der Waals surface area contributed by atoms with Crippen LogP contribution in [-0.4, -0.2) is 69.9 Å². The van der Waals surface area contributed by atoms with Gasteiger partial charge in [0, 0.05) is 24.3 Å². The fourth-order valence-electron chi connectivity index (χ4n) is 4.46. The number of hydrogen-bond acceptors (Lipinski definition) is 8. The van der Waals surface area contributed by atoms with E-state index in [4.69, 9.17) is 14.2 Å². The van der Waals surface area contributed by atoms with Gasteiger partial charge in [-0.3, -0.25) is 4.79 Å². The molecule has 33 heavy (non-hydrogen) atoms. The van der Waals surface area contributed by atoms with Crippen molar-refractivity contribution in [2.45, 2.75) is 36.3 Å². The van der Waals surface area contributed by atoms with Gasteiger partial charge in [0.1, 0.15) is 5.75 Å². The van der Waals surface area contributed by atoms with Gasteiger partial charge >= 0.3 is 5.97 Å². The third-order valence-electron chi connectivity index (χ3n) is 6.08. The molecular formula is C22H28N2O7S2. The molecule has 9 nitrogen and oxygen atoms in total. The number of carbonyl (C=O) groups excluding carboxylic acids is 2. The minimum atomic E-state index is -3.79. The molecule has 2 aliphatic heterocycles. The number of nitrogens with zero attached hydrogens (tertiary/aromatic N) is 1. The third-order valence-corrected chi connectivity index (χ3v) is 9.40. The predicted octanol–water partition coefficient (Wildman–Crippen LogP) is 2.14. The van der Waals surface area contributed by atoms with Crippen molar-refractivity contribution in [2.24, 2.45) is 5.92 Å². The molecule has 1 saturated carbocycles. The van der Waals surface area contributed by atoms with Crippen LogP contribution >= 0.6 is 11.8 Å². The molecule has 0 spiro atoms. The highest BCUT2D eigenvalue weighted by atomic mass is 32.2. The van der Waals surface area contributed by atoms with E-state index in [0.717, 1.165) is 19.3 Å². The van der Waals surface area contributed by atoms with Crippen LogP contribution in [0, 0.1) is 5.92 Å². The second kappa shape index (κ2) is 10.0. The summed E-state index contributed by atoms with van der Waals surface area (Å²) in [4.78, 5) is 25.9. The van der Waals surface area contributed by atoms with Crippen LogP contribution in [0.4, 0.5) is 0 Å². The monoisotopic (exact) mass is 496 g/mol. The van der Waals surface area contributed by atoms with Crippen LogP contribution in [-0.2, 0) is 24.3 Å². The lowest BCUT2D eigenvalue weighted by Crippen LogP contribution is -2.40. The van der Waals surface area contributed by atoms with Crippen LogP contribution in [0.3, 0.4) is 0 Å². The van der Waals surface area contributed by atoms with Gasteiger partial charge < -0.3 is 19.5 Å². The summed E-state index contributed by atoms with van der Waals surface area (Å²) < 4.78 is 43.3. The number of nitrogens with one attached hydrogen (secondary N) is 1. The third kappa shape index (κ3) is 4.77. The number of amides is 1. The minimum absolute atomic E-state index is 0.00545. The van der Waals surface area contributed by atoms with Gasteiger partial charge in [0.05, 0.1) is 48.0 Å². The van der Waals surface area contributed by atoms with Gasteiger partial charge in [0.2, 0.25) is 10.0 Å². The number of morpholine rings is 1. The smallest absolute Gasteiger partial charge is 0.336 e. The Hall–Kier alpha value is -2.08. The Balaban J connectivity index is 1.64. The molecule has 1 aromatic carbocycles. The maximum atomic E-state index is 13.3. The van der Waals surface area contributed by atoms with Gasteiger partial charge in [0.15, 0.2) is 0 Å². The molecule has 3 aliphatic rings. The van der Waals surface area contributed by atoms with E-state index in [1.807, 2.05) is 0 Å². The lowest BCUT2D eigenvalue weighted by atomic mass is 9.98. The highest BCUT2D eigenvalue weighted by molar-refractivity contribution is 8.04. The molecule has 1 amide bonds. The zero-order chi connectivity index (χ0) is 23.6. The number of esters is 1. The molecule has 0 radical (unpaired) electrons. The van der Waals surface area contributed by atoms with E-state index in [2.05, 4.69) is 5.32 Å². The van der Waals surface area contributed by atoms with E-state index >= 15 is 0 Å². The first kappa shape index (κ1) is 24.1. The predicted molar refractivity (Wildman–Crippen MR) is 122 cm³/mol. The summed E-state index contributed by atoms with van der Waals surface area (Å²) in [6.45, 7) is 3.16. The van der Waals surface area contributed by atoms with Gasteiger partial charge in [-0.1, -0.05) is 6.42 Å². The Morgan fingerprint density at radius 1 is 1.24 bits per heavy atom. The molecule has 2 atom stereocenters. The zero-order valence-corrected chi connectivity index (χ0v) is 20.3. The van der Waals surface area contributed by atoms with Crippen molar-refractivity contribution in [1.82, 2.24) is 9.62 Å². The molecule has 0 aromatic heterocycles. The maximum absolute atomic E-state index is 13.3. The molecule has 11 heteroatoms. The average molecular weight is 497 g/mol. The first-order valence-electron chi connectivity index (χ1n) is 11.0. The Bertz CT molecular complexity index is 1060. The lowest BCUT2D eigenvalue weighted by molar-refractivity contribution is -0.139. The molecule has 1 aliphatic carbocycles. The topological polar surface area (TPSA) is 111 Å². The van der Waals surface area contributed by atoms with Gasteiger partial charge in [-0.05, 0) is 38.0 Å². The largest absolute Gasteiger partial charge is 0.496 e. The number of benzene rings is 1. The number of rotatable bonds is 7. The van der Waals surface area contributed by atoms with Crippen molar-refractivity contribution in [2.75, 3.05) is 40.0 Å². The summed E-state index contributed by atoms with van der Waals surface area (Å²) in [5.74, 6) is -0.644. The molecule has 2 heterocycles. The van der Waals surface area contributed by atoms with Crippen LogP contribution in [0.1, 0.15) is 36.5 Å². The molecule has 2 fully saturated rings. The van der Waals surface area contributed by atoms with Gasteiger partial charge in [-0.25, -0.2) is 13.2 Å². The van der Waals surface area contributed by atoms with E-state index in [1.165, 1.54) is 41.4 Å². The fourth-order valence-corrected chi connectivity index (χ4v) is 7.43. The number of hydrogen-bond donors (Lipinski definition) is 1. The van der Waals surface area contributed by atoms with Gasteiger partial charge in [-0.2, -0.15) is 4.31 Å². The lowest BCUT2D eigenvalue weighted by Gasteiger charge is -2.26. The quantitative estimate of drug-likeness (QED) is 0.572. The second-order valence-corrected chi connectivity index (χ2v) is 11.2. The second-order valence-electron chi connectivity index (χ2n) is 7.99. The van der Waals surface area contributed by atoms with Crippen molar-refractivity contribution in [1.29, 1.82) is 0 Å². The van der Waals surface area contributed by atoms with Crippen LogP contribution in [0.5, 0.6) is 5.75 Å². The molecule has 4 rings (SSSR count). The van der Waals surface area contributed by atoms with Crippen molar-refractivity contribution in [3.8, 4) is 5.75 Å². The number of methoxy groups -OCH3 is 1. The Morgan fingerprint density at radius 3 is 2.70 bits per heavy atom.